The van der Waals surface area contributed by atoms with E-state index in [1.165, 1.54) is 7.11 Å². The fourth-order valence-electron chi connectivity index (χ4n) is 1.26. The van der Waals surface area contributed by atoms with Crippen LogP contribution in [0.4, 0.5) is 0 Å². The highest BCUT2D eigenvalue weighted by Crippen LogP contribution is 2.03. The maximum atomic E-state index is 11.7. The van der Waals surface area contributed by atoms with Gasteiger partial charge in [-0.15, -0.1) is 0 Å². The van der Waals surface area contributed by atoms with Crippen LogP contribution < -0.4 is 10.6 Å². The molecule has 0 spiro atoms. The van der Waals surface area contributed by atoms with E-state index in [1.807, 2.05) is 13.0 Å². The molecule has 2 N–H and O–H groups in total. The Morgan fingerprint density at radius 3 is 2.71 bits per heavy atom. The topological polar surface area (TPSA) is 67.4 Å². The number of methoxy groups -OCH3 is 1. The molecule has 0 fully saturated rings. The molecule has 5 heteroatoms. The van der Waals surface area contributed by atoms with Gasteiger partial charge >= 0.3 is 0 Å². The maximum Gasteiger partial charge on any atom is 0.251 e. The van der Waals surface area contributed by atoms with Gasteiger partial charge in [-0.05, 0) is 19.1 Å². The summed E-state index contributed by atoms with van der Waals surface area (Å²) in [5.41, 5.74) is 1.55. The second kappa shape index (κ2) is 6.65. The van der Waals surface area contributed by atoms with E-state index >= 15 is 0 Å². The Bertz CT molecular complexity index is 404. The van der Waals surface area contributed by atoms with Gasteiger partial charge in [0.2, 0.25) is 5.91 Å². The highest BCUT2D eigenvalue weighted by Gasteiger charge is 2.07. The van der Waals surface area contributed by atoms with Gasteiger partial charge in [0.1, 0.15) is 6.73 Å². The Kier molecular flexibility index (Phi) is 5.16. The van der Waals surface area contributed by atoms with Crippen molar-refractivity contribution in [3.8, 4) is 0 Å². The third kappa shape index (κ3) is 4.65. The Morgan fingerprint density at radius 1 is 1.29 bits per heavy atom. The predicted molar refractivity (Wildman–Crippen MR) is 63.5 cm³/mol. The van der Waals surface area contributed by atoms with Crippen LogP contribution in [0.1, 0.15) is 15.9 Å². The lowest BCUT2D eigenvalue weighted by molar-refractivity contribution is -0.121. The quantitative estimate of drug-likeness (QED) is 0.729. The van der Waals surface area contributed by atoms with E-state index in [9.17, 15) is 9.59 Å². The number of amides is 2. The number of hydrogen-bond donors (Lipinski definition) is 2. The molecule has 1 rings (SSSR count). The number of carbonyl (C=O) groups excluding carboxylic acids is 2. The van der Waals surface area contributed by atoms with Crippen molar-refractivity contribution in [3.05, 3.63) is 35.4 Å². The van der Waals surface area contributed by atoms with E-state index in [2.05, 4.69) is 15.4 Å². The van der Waals surface area contributed by atoms with Gasteiger partial charge in [-0.2, -0.15) is 0 Å². The van der Waals surface area contributed by atoms with Gasteiger partial charge < -0.3 is 15.4 Å². The number of aryl methyl sites for hydroxylation is 1. The minimum absolute atomic E-state index is 0.0594. The fourth-order valence-corrected chi connectivity index (χ4v) is 1.26. The monoisotopic (exact) mass is 236 g/mol. The van der Waals surface area contributed by atoms with Crippen LogP contribution in [0.5, 0.6) is 0 Å². The van der Waals surface area contributed by atoms with Crippen LogP contribution in [0.3, 0.4) is 0 Å². The molecule has 0 aliphatic carbocycles. The van der Waals surface area contributed by atoms with Crippen molar-refractivity contribution < 1.29 is 14.3 Å². The maximum absolute atomic E-state index is 11.7. The second-order valence-electron chi connectivity index (χ2n) is 3.59. The van der Waals surface area contributed by atoms with Crippen molar-refractivity contribution in [2.24, 2.45) is 0 Å². The van der Waals surface area contributed by atoms with Crippen LogP contribution in [0.2, 0.25) is 0 Å². The number of hydrogen-bond acceptors (Lipinski definition) is 3. The van der Waals surface area contributed by atoms with Gasteiger partial charge in [-0.1, -0.05) is 17.7 Å². The normalized spacial score (nSPS) is 9.76. The molecule has 1 aromatic rings. The highest BCUT2D eigenvalue weighted by molar-refractivity contribution is 5.96. The van der Waals surface area contributed by atoms with Gasteiger partial charge in [0.25, 0.3) is 5.91 Å². The van der Waals surface area contributed by atoms with Crippen molar-refractivity contribution in [2.75, 3.05) is 20.4 Å². The molecule has 0 aromatic heterocycles. The van der Waals surface area contributed by atoms with Crippen molar-refractivity contribution >= 4 is 11.8 Å². The average molecular weight is 236 g/mol. The van der Waals surface area contributed by atoms with E-state index in [4.69, 9.17) is 0 Å². The van der Waals surface area contributed by atoms with E-state index in [-0.39, 0.29) is 25.1 Å². The lowest BCUT2D eigenvalue weighted by Crippen LogP contribution is -2.37. The summed E-state index contributed by atoms with van der Waals surface area (Å²) in [6, 6.07) is 7.18. The minimum atomic E-state index is -0.284. The number of carbonyl (C=O) groups is 2. The molecule has 92 valence electrons. The van der Waals surface area contributed by atoms with E-state index in [0.717, 1.165) is 5.56 Å². The molecule has 5 nitrogen and oxygen atoms in total. The number of ether oxygens (including phenoxy) is 1. The molecule has 17 heavy (non-hydrogen) atoms. The Morgan fingerprint density at radius 2 is 2.06 bits per heavy atom. The van der Waals surface area contributed by atoms with Crippen molar-refractivity contribution in [1.29, 1.82) is 0 Å². The fraction of sp³-hybridized carbons (Fsp3) is 0.333. The summed E-state index contributed by atoms with van der Waals surface area (Å²) in [5.74, 6) is -0.547. The van der Waals surface area contributed by atoms with E-state index in [1.54, 1.807) is 18.2 Å². The lowest BCUT2D eigenvalue weighted by Gasteiger charge is -2.06. The average Bonchev–Trinajstić information content (AvgIpc) is 2.33. The summed E-state index contributed by atoms with van der Waals surface area (Å²) in [5, 5.41) is 5.00. The summed E-state index contributed by atoms with van der Waals surface area (Å²) in [6.07, 6.45) is 0. The van der Waals surface area contributed by atoms with Crippen molar-refractivity contribution in [1.82, 2.24) is 10.6 Å². The van der Waals surface area contributed by atoms with E-state index in [0.29, 0.717) is 5.56 Å². The Labute approximate surface area is 100 Å². The van der Waals surface area contributed by atoms with Crippen LogP contribution in [0, 0.1) is 6.92 Å². The first-order valence-corrected chi connectivity index (χ1v) is 5.24. The zero-order valence-corrected chi connectivity index (χ0v) is 9.95. The highest BCUT2D eigenvalue weighted by atomic mass is 16.5. The van der Waals surface area contributed by atoms with Crippen LogP contribution in [0.25, 0.3) is 0 Å². The molecule has 0 aliphatic rings. The first-order chi connectivity index (χ1) is 8.13. The lowest BCUT2D eigenvalue weighted by atomic mass is 10.1. The Hall–Kier alpha value is -1.88. The molecule has 0 bridgehead atoms. The molecule has 2 amide bonds. The zero-order chi connectivity index (χ0) is 12.7. The van der Waals surface area contributed by atoms with Gasteiger partial charge in [0.15, 0.2) is 0 Å². The summed E-state index contributed by atoms with van der Waals surface area (Å²) in [7, 11) is 1.48. The molecular formula is C12H16N2O3. The summed E-state index contributed by atoms with van der Waals surface area (Å²) in [6.45, 7) is 1.98. The summed E-state index contributed by atoms with van der Waals surface area (Å²) in [4.78, 5) is 22.9. The zero-order valence-electron chi connectivity index (χ0n) is 9.95. The van der Waals surface area contributed by atoms with Gasteiger partial charge in [-0.3, -0.25) is 9.59 Å². The molecular weight excluding hydrogens is 220 g/mol. The Balaban J connectivity index is 2.42. The number of nitrogens with one attached hydrogen (secondary N) is 2. The third-order valence-corrected chi connectivity index (χ3v) is 2.10. The molecule has 0 saturated carbocycles. The van der Waals surface area contributed by atoms with Gasteiger partial charge in [0.05, 0.1) is 6.54 Å². The van der Waals surface area contributed by atoms with Crippen LogP contribution in [-0.4, -0.2) is 32.2 Å². The molecule has 0 aliphatic heterocycles. The van der Waals surface area contributed by atoms with Crippen molar-refractivity contribution in [3.63, 3.8) is 0 Å². The summed E-state index contributed by atoms with van der Waals surface area (Å²) >= 11 is 0. The van der Waals surface area contributed by atoms with E-state index < -0.39 is 0 Å². The van der Waals surface area contributed by atoms with Gasteiger partial charge in [-0.25, -0.2) is 0 Å². The van der Waals surface area contributed by atoms with Crippen LogP contribution >= 0.6 is 0 Å². The smallest absolute Gasteiger partial charge is 0.251 e. The summed E-state index contributed by atoms with van der Waals surface area (Å²) < 4.78 is 4.68. The van der Waals surface area contributed by atoms with Gasteiger partial charge in [0, 0.05) is 12.7 Å². The van der Waals surface area contributed by atoms with Crippen LogP contribution in [0.15, 0.2) is 24.3 Å². The standard InChI is InChI=1S/C12H16N2O3/c1-9-4-3-5-10(6-9)12(16)13-7-11(15)14-8-17-2/h3-6H,7-8H2,1-2H3,(H,13,16)(H,14,15). The molecule has 0 atom stereocenters. The molecule has 1 aromatic carbocycles. The minimum Gasteiger partial charge on any atom is -0.364 e. The second-order valence-corrected chi connectivity index (χ2v) is 3.59. The van der Waals surface area contributed by atoms with Crippen molar-refractivity contribution in [2.45, 2.75) is 6.92 Å². The number of benzene rings is 1. The SMILES string of the molecule is COCNC(=O)CNC(=O)c1cccc(C)c1. The molecule has 0 saturated heterocycles. The largest absolute Gasteiger partial charge is 0.364 e. The first kappa shape index (κ1) is 13.2. The molecule has 0 unspecified atom stereocenters. The molecule has 0 radical (unpaired) electrons. The van der Waals surface area contributed by atoms with Crippen LogP contribution in [-0.2, 0) is 9.53 Å². The number of rotatable bonds is 5. The third-order valence-electron chi connectivity index (χ3n) is 2.10. The predicted octanol–water partition coefficient (Wildman–Crippen LogP) is 0.445. The first-order valence-electron chi connectivity index (χ1n) is 5.24. The molecule has 0 heterocycles.